The summed E-state index contributed by atoms with van der Waals surface area (Å²) in [6.45, 7) is -0.571. The van der Waals surface area contributed by atoms with Crippen LogP contribution >= 0.6 is 11.6 Å². The summed E-state index contributed by atoms with van der Waals surface area (Å²) >= 11 is 5.89. The fourth-order valence-electron chi connectivity index (χ4n) is 2.34. The number of Topliss-reactive ketones (excluding diaryl/α,β-unsaturated/α-hetero) is 1. The summed E-state index contributed by atoms with van der Waals surface area (Å²) in [5.41, 5.74) is 0.795. The van der Waals surface area contributed by atoms with E-state index in [9.17, 15) is 14.7 Å². The number of ether oxygens (including phenoxy) is 3. The molecule has 2 aromatic carbocycles. The Morgan fingerprint density at radius 1 is 1.00 bits per heavy atom. The van der Waals surface area contributed by atoms with E-state index in [1.165, 1.54) is 38.5 Å². The van der Waals surface area contributed by atoms with Crippen molar-refractivity contribution < 1.29 is 47.8 Å². The van der Waals surface area contributed by atoms with Gasteiger partial charge in [-0.05, 0) is 36.4 Å². The van der Waals surface area contributed by atoms with E-state index in [4.69, 9.17) is 25.8 Å². The van der Waals surface area contributed by atoms with E-state index in [0.717, 1.165) is 0 Å². The second kappa shape index (κ2) is 9.77. The maximum Gasteiger partial charge on any atom is 1.00 e. The van der Waals surface area contributed by atoms with Crippen molar-refractivity contribution in [3.63, 3.8) is 0 Å². The number of rotatable bonds is 8. The van der Waals surface area contributed by atoms with Crippen LogP contribution in [0.15, 0.2) is 48.5 Å². The van der Waals surface area contributed by atoms with Crippen LogP contribution in [0.25, 0.3) is 0 Å². The van der Waals surface area contributed by atoms with Gasteiger partial charge in [0.05, 0.1) is 5.97 Å². The number of carbonyl (C=O) groups is 2. The number of carboxylic acids is 1. The number of benzene rings is 2. The van der Waals surface area contributed by atoms with Crippen LogP contribution in [0.5, 0.6) is 5.75 Å². The number of hydrogen-bond donors (Lipinski definition) is 0. The molecule has 0 radical (unpaired) electrons. The first-order valence-electron chi connectivity index (χ1n) is 7.27. The smallest absolute Gasteiger partial charge is 0.546 e. The first kappa shape index (κ1) is 22.2. The second-order valence-electron chi connectivity index (χ2n) is 5.05. The minimum atomic E-state index is -1.63. The third-order valence-electron chi connectivity index (χ3n) is 3.57. The molecule has 0 bridgehead atoms. The molecule has 0 saturated heterocycles. The van der Waals surface area contributed by atoms with Crippen LogP contribution in [0, 0.1) is 0 Å². The standard InChI is InChI=1S/C18H17ClO6.Li/c1-23-18(24-2,13-5-7-14(19)8-6-13)17(22)12-3-9-15(10-4-12)25-11-16(20)21;/h3-10H,11H2,1-2H3,(H,20,21);/q;+1/p-1. The summed E-state index contributed by atoms with van der Waals surface area (Å²) < 4.78 is 15.8. The number of hydrogen-bond acceptors (Lipinski definition) is 6. The molecule has 0 aromatic heterocycles. The fourth-order valence-corrected chi connectivity index (χ4v) is 2.47. The molecule has 0 aliphatic carbocycles. The predicted octanol–water partition coefficient (Wildman–Crippen LogP) is -1.20. The van der Waals surface area contributed by atoms with Crippen molar-refractivity contribution in [1.82, 2.24) is 0 Å². The van der Waals surface area contributed by atoms with Gasteiger partial charge in [-0.3, -0.25) is 4.79 Å². The van der Waals surface area contributed by atoms with Gasteiger partial charge in [-0.15, -0.1) is 0 Å². The summed E-state index contributed by atoms with van der Waals surface area (Å²) in [7, 11) is 2.74. The molecule has 2 rings (SSSR count). The van der Waals surface area contributed by atoms with Crippen molar-refractivity contribution in [2.24, 2.45) is 0 Å². The minimum absolute atomic E-state index is 0. The van der Waals surface area contributed by atoms with Crippen molar-refractivity contribution in [1.29, 1.82) is 0 Å². The third kappa shape index (κ3) is 4.88. The van der Waals surface area contributed by atoms with Crippen LogP contribution < -0.4 is 28.7 Å². The van der Waals surface area contributed by atoms with E-state index in [2.05, 4.69) is 0 Å². The van der Waals surface area contributed by atoms with Crippen LogP contribution in [0.3, 0.4) is 0 Å². The zero-order valence-corrected chi connectivity index (χ0v) is 15.4. The Kier molecular flexibility index (Phi) is 8.35. The third-order valence-corrected chi connectivity index (χ3v) is 3.82. The molecule has 132 valence electrons. The Bertz CT molecular complexity index is 741. The van der Waals surface area contributed by atoms with Gasteiger partial charge in [0.25, 0.3) is 5.79 Å². The van der Waals surface area contributed by atoms with Crippen molar-refractivity contribution >= 4 is 23.4 Å². The number of aliphatic carboxylic acids is 1. The molecule has 0 fully saturated rings. The monoisotopic (exact) mass is 370 g/mol. The molecule has 0 spiro atoms. The van der Waals surface area contributed by atoms with Crippen molar-refractivity contribution in [2.75, 3.05) is 20.8 Å². The van der Waals surface area contributed by atoms with Gasteiger partial charge in [0.1, 0.15) is 12.4 Å². The molecule has 0 aliphatic rings. The van der Waals surface area contributed by atoms with Gasteiger partial charge in [-0.25, -0.2) is 0 Å². The van der Waals surface area contributed by atoms with E-state index in [1.807, 2.05) is 0 Å². The number of carbonyl (C=O) groups excluding carboxylic acids is 2. The molecule has 26 heavy (non-hydrogen) atoms. The summed E-state index contributed by atoms with van der Waals surface area (Å²) in [6, 6.07) is 12.5. The Balaban J connectivity index is 0.00000338. The SMILES string of the molecule is COC(OC)(C(=O)c1ccc(OCC(=O)[O-])cc1)c1ccc(Cl)cc1.[Li+]. The van der Waals surface area contributed by atoms with Crippen LogP contribution in [-0.2, 0) is 20.1 Å². The summed E-state index contributed by atoms with van der Waals surface area (Å²) in [5, 5.41) is 10.9. The largest absolute Gasteiger partial charge is 1.00 e. The number of halogens is 1. The van der Waals surface area contributed by atoms with E-state index in [0.29, 0.717) is 21.9 Å². The van der Waals surface area contributed by atoms with Crippen molar-refractivity contribution in [2.45, 2.75) is 5.79 Å². The predicted molar refractivity (Wildman–Crippen MR) is 88.4 cm³/mol. The van der Waals surface area contributed by atoms with E-state index < -0.39 is 24.1 Å². The first-order chi connectivity index (χ1) is 11.9. The topological polar surface area (TPSA) is 84.9 Å². The maximum absolute atomic E-state index is 13.0. The van der Waals surface area contributed by atoms with Gasteiger partial charge >= 0.3 is 18.9 Å². The molecule has 2 aromatic rings. The fraction of sp³-hybridized carbons (Fsp3) is 0.222. The Morgan fingerprint density at radius 2 is 1.54 bits per heavy atom. The van der Waals surface area contributed by atoms with Gasteiger partial charge < -0.3 is 24.1 Å². The average molecular weight is 371 g/mol. The molecule has 8 heteroatoms. The van der Waals surface area contributed by atoms with Crippen LogP contribution in [0.2, 0.25) is 5.02 Å². The molecular formula is C18H16ClLiO6. The van der Waals surface area contributed by atoms with Crippen LogP contribution in [0.1, 0.15) is 15.9 Å². The maximum atomic E-state index is 13.0. The summed E-state index contributed by atoms with van der Waals surface area (Å²) in [4.78, 5) is 23.4. The Hall–Kier alpha value is -1.81. The van der Waals surface area contributed by atoms with Crippen LogP contribution in [-0.4, -0.2) is 32.6 Å². The minimum Gasteiger partial charge on any atom is -0.546 e. The molecule has 0 heterocycles. The van der Waals surface area contributed by atoms with Gasteiger partial charge in [0.15, 0.2) is 0 Å². The molecule has 0 atom stereocenters. The van der Waals surface area contributed by atoms with Crippen molar-refractivity contribution in [3.8, 4) is 5.75 Å². The molecular weight excluding hydrogens is 355 g/mol. The number of ketones is 1. The molecule has 0 N–H and O–H groups in total. The Morgan fingerprint density at radius 3 is 2.00 bits per heavy atom. The zero-order valence-electron chi connectivity index (χ0n) is 14.7. The van der Waals surface area contributed by atoms with Gasteiger partial charge in [0.2, 0.25) is 5.78 Å². The summed E-state index contributed by atoms with van der Waals surface area (Å²) in [6.07, 6.45) is 0. The zero-order chi connectivity index (χ0) is 18.4. The molecule has 0 amide bonds. The summed E-state index contributed by atoms with van der Waals surface area (Å²) in [5.74, 6) is -3.09. The average Bonchev–Trinajstić information content (AvgIpc) is 2.63. The molecule has 6 nitrogen and oxygen atoms in total. The number of carboxylic acid groups (broad SMARTS) is 1. The second-order valence-corrected chi connectivity index (χ2v) is 5.48. The van der Waals surface area contributed by atoms with Gasteiger partial charge in [-0.1, -0.05) is 23.7 Å². The van der Waals surface area contributed by atoms with Crippen LogP contribution in [0.4, 0.5) is 0 Å². The quantitative estimate of drug-likeness (QED) is 0.330. The normalized spacial score (nSPS) is 10.7. The van der Waals surface area contributed by atoms with E-state index >= 15 is 0 Å². The van der Waals surface area contributed by atoms with Crippen molar-refractivity contribution in [3.05, 3.63) is 64.7 Å². The van der Waals surface area contributed by atoms with E-state index in [-0.39, 0.29) is 18.9 Å². The molecule has 0 unspecified atom stereocenters. The van der Waals surface area contributed by atoms with E-state index in [1.54, 1.807) is 24.3 Å². The molecule has 0 aliphatic heterocycles. The first-order valence-corrected chi connectivity index (χ1v) is 7.64. The Labute approximate surface area is 168 Å². The number of methoxy groups -OCH3 is 2. The van der Waals surface area contributed by atoms with Gasteiger partial charge in [0, 0.05) is 30.4 Å². The molecule has 0 saturated carbocycles. The van der Waals surface area contributed by atoms with Gasteiger partial charge in [-0.2, -0.15) is 0 Å².